The number of benzene rings is 1. The van der Waals surface area contributed by atoms with Crippen molar-refractivity contribution in [2.24, 2.45) is 4.99 Å². The van der Waals surface area contributed by atoms with Crippen molar-refractivity contribution in [1.82, 2.24) is 9.80 Å². The summed E-state index contributed by atoms with van der Waals surface area (Å²) in [6, 6.07) is 2.59. The van der Waals surface area contributed by atoms with E-state index in [0.717, 1.165) is 11.1 Å². The zero-order valence-electron chi connectivity index (χ0n) is 18.6. The highest BCUT2D eigenvalue weighted by atomic mass is 35.5. The largest absolute Gasteiger partial charge is 0.484 e. The van der Waals surface area contributed by atoms with Gasteiger partial charge in [0.15, 0.2) is 0 Å². The number of ether oxygens (including phenoxy) is 2. The van der Waals surface area contributed by atoms with E-state index in [9.17, 15) is 9.18 Å². The molecule has 33 heavy (non-hydrogen) atoms. The van der Waals surface area contributed by atoms with Gasteiger partial charge in [-0.3, -0.25) is 9.89 Å². The first-order valence-corrected chi connectivity index (χ1v) is 11.7. The van der Waals surface area contributed by atoms with E-state index in [1.165, 1.54) is 12.1 Å². The van der Waals surface area contributed by atoms with E-state index in [2.05, 4.69) is 11.1 Å². The normalized spacial score (nSPS) is 19.9. The second-order valence-corrected chi connectivity index (χ2v) is 8.87. The highest BCUT2D eigenvalue weighted by Crippen LogP contribution is 2.37. The standard InChI is InChI=1S/C24H26Cl2FN3O3/c1-15-21(33-16(2)22-19(25)3-4-20(27)23(22)26)13-18(17-5-7-28-8-6-17)14-30(15)24(31)29-9-11-32-12-10-29/h3-5,8,13,16H,6-7,9-12,14H2,1-2H3. The molecule has 0 radical (unpaired) electrons. The molecule has 1 fully saturated rings. The number of carbonyl (C=O) groups excluding carboxylic acids is 1. The van der Waals surface area contributed by atoms with Gasteiger partial charge in [-0.15, -0.1) is 0 Å². The average Bonchev–Trinajstić information content (AvgIpc) is 2.83. The zero-order chi connectivity index (χ0) is 23.5. The first-order chi connectivity index (χ1) is 15.9. The minimum atomic E-state index is -0.636. The number of dihydropyridines is 1. The van der Waals surface area contributed by atoms with Gasteiger partial charge in [0.05, 0.1) is 37.0 Å². The molecule has 0 aliphatic carbocycles. The molecule has 2 amide bonds. The first-order valence-electron chi connectivity index (χ1n) is 10.9. The number of halogens is 3. The predicted molar refractivity (Wildman–Crippen MR) is 127 cm³/mol. The molecule has 3 heterocycles. The van der Waals surface area contributed by atoms with Gasteiger partial charge in [-0.1, -0.05) is 29.3 Å². The third-order valence-electron chi connectivity index (χ3n) is 5.99. The summed E-state index contributed by atoms with van der Waals surface area (Å²) in [7, 11) is 0. The van der Waals surface area contributed by atoms with E-state index in [-0.39, 0.29) is 11.1 Å². The fourth-order valence-electron chi connectivity index (χ4n) is 4.09. The molecule has 0 aromatic heterocycles. The smallest absolute Gasteiger partial charge is 0.324 e. The van der Waals surface area contributed by atoms with E-state index in [0.29, 0.717) is 67.9 Å². The van der Waals surface area contributed by atoms with Crippen LogP contribution in [0.2, 0.25) is 10.0 Å². The highest BCUT2D eigenvalue weighted by Gasteiger charge is 2.31. The van der Waals surface area contributed by atoms with Crippen molar-refractivity contribution in [2.45, 2.75) is 26.4 Å². The van der Waals surface area contributed by atoms with E-state index < -0.39 is 11.9 Å². The summed E-state index contributed by atoms with van der Waals surface area (Å²) in [5, 5.41) is 0.250. The molecule has 1 saturated heterocycles. The Hall–Kier alpha value is -2.35. The summed E-state index contributed by atoms with van der Waals surface area (Å²) in [5.74, 6) is -0.0435. The molecule has 1 aromatic carbocycles. The van der Waals surface area contributed by atoms with Crippen molar-refractivity contribution >= 4 is 35.4 Å². The second-order valence-electron chi connectivity index (χ2n) is 8.09. The fraction of sp³-hybridized carbons (Fsp3) is 0.417. The van der Waals surface area contributed by atoms with Crippen LogP contribution < -0.4 is 0 Å². The SMILES string of the molecule is CC1=C(OC(C)c2c(Cl)ccc(F)c2Cl)C=C(C2=CCN=CC2)CN1C(=O)N1CCOCC1. The third kappa shape index (κ3) is 5.10. The monoisotopic (exact) mass is 493 g/mol. The molecule has 9 heteroatoms. The number of rotatable bonds is 4. The molecule has 0 N–H and O–H groups in total. The molecule has 1 unspecified atom stereocenters. The number of amides is 2. The van der Waals surface area contributed by atoms with Crippen LogP contribution in [-0.4, -0.2) is 61.4 Å². The number of allylic oxidation sites excluding steroid dienone is 2. The Morgan fingerprint density at radius 3 is 2.70 bits per heavy atom. The summed E-state index contributed by atoms with van der Waals surface area (Å²) < 4.78 is 25.8. The van der Waals surface area contributed by atoms with Crippen LogP contribution in [0, 0.1) is 5.82 Å². The van der Waals surface area contributed by atoms with Gasteiger partial charge in [0.25, 0.3) is 0 Å². The van der Waals surface area contributed by atoms with Gasteiger partial charge < -0.3 is 14.4 Å². The lowest BCUT2D eigenvalue weighted by molar-refractivity contribution is 0.0453. The summed E-state index contributed by atoms with van der Waals surface area (Å²) in [4.78, 5) is 21.2. The van der Waals surface area contributed by atoms with Crippen LogP contribution in [0.25, 0.3) is 0 Å². The van der Waals surface area contributed by atoms with Gasteiger partial charge in [-0.05, 0) is 43.2 Å². The lowest BCUT2D eigenvalue weighted by Gasteiger charge is -2.37. The molecule has 0 bridgehead atoms. The van der Waals surface area contributed by atoms with Crippen LogP contribution in [0.5, 0.6) is 0 Å². The molecular formula is C24H26Cl2FN3O3. The van der Waals surface area contributed by atoms with Crippen LogP contribution in [0.15, 0.2) is 51.9 Å². The topological polar surface area (TPSA) is 54.4 Å². The van der Waals surface area contributed by atoms with Crippen molar-refractivity contribution in [3.8, 4) is 0 Å². The predicted octanol–water partition coefficient (Wildman–Crippen LogP) is 5.54. The Morgan fingerprint density at radius 2 is 2.00 bits per heavy atom. The number of aliphatic imine (C=N–C) groups is 1. The van der Waals surface area contributed by atoms with Crippen molar-refractivity contribution in [2.75, 3.05) is 39.4 Å². The van der Waals surface area contributed by atoms with Gasteiger partial charge in [0.1, 0.15) is 17.7 Å². The lowest BCUT2D eigenvalue weighted by Crippen LogP contribution is -2.49. The molecular weight excluding hydrogens is 468 g/mol. The lowest BCUT2D eigenvalue weighted by atomic mass is 9.97. The highest BCUT2D eigenvalue weighted by molar-refractivity contribution is 6.36. The fourth-order valence-corrected chi connectivity index (χ4v) is 4.77. The van der Waals surface area contributed by atoms with Crippen molar-refractivity contribution in [3.05, 3.63) is 68.3 Å². The van der Waals surface area contributed by atoms with E-state index >= 15 is 0 Å². The summed E-state index contributed by atoms with van der Waals surface area (Å²) in [6.45, 7) is 6.76. The number of hydrogen-bond donors (Lipinski definition) is 0. The van der Waals surface area contributed by atoms with E-state index in [1.54, 1.807) is 16.7 Å². The summed E-state index contributed by atoms with van der Waals surface area (Å²) >= 11 is 12.5. The van der Waals surface area contributed by atoms with Crippen LogP contribution in [0.3, 0.4) is 0 Å². The molecule has 176 valence electrons. The van der Waals surface area contributed by atoms with E-state index in [4.69, 9.17) is 32.7 Å². The van der Waals surface area contributed by atoms with Gasteiger partial charge in [-0.2, -0.15) is 0 Å². The average molecular weight is 494 g/mol. The molecule has 1 aromatic rings. The van der Waals surface area contributed by atoms with Crippen molar-refractivity contribution in [3.63, 3.8) is 0 Å². The maximum atomic E-state index is 14.1. The minimum Gasteiger partial charge on any atom is -0.484 e. The molecule has 3 aliphatic heterocycles. The Balaban J connectivity index is 1.67. The van der Waals surface area contributed by atoms with Crippen LogP contribution in [-0.2, 0) is 9.47 Å². The minimum absolute atomic E-state index is 0.0688. The number of urea groups is 1. The van der Waals surface area contributed by atoms with Crippen LogP contribution >= 0.6 is 23.2 Å². The summed E-state index contributed by atoms with van der Waals surface area (Å²) in [5.41, 5.74) is 3.13. The van der Waals surface area contributed by atoms with Crippen molar-refractivity contribution in [1.29, 1.82) is 0 Å². The Morgan fingerprint density at radius 1 is 1.24 bits per heavy atom. The third-order valence-corrected chi connectivity index (χ3v) is 6.71. The maximum Gasteiger partial charge on any atom is 0.324 e. The van der Waals surface area contributed by atoms with Gasteiger partial charge in [0.2, 0.25) is 0 Å². The molecule has 3 aliphatic rings. The molecule has 0 saturated carbocycles. The van der Waals surface area contributed by atoms with Crippen LogP contribution in [0.1, 0.15) is 31.9 Å². The first kappa shape index (κ1) is 23.8. The van der Waals surface area contributed by atoms with Gasteiger partial charge in [0, 0.05) is 36.3 Å². The number of nitrogens with zero attached hydrogens (tertiary/aromatic N) is 3. The quantitative estimate of drug-likeness (QED) is 0.517. The van der Waals surface area contributed by atoms with Crippen LogP contribution in [0.4, 0.5) is 9.18 Å². The molecule has 4 rings (SSSR count). The zero-order valence-corrected chi connectivity index (χ0v) is 20.1. The molecule has 1 atom stereocenters. The molecule has 6 nitrogen and oxygen atoms in total. The second kappa shape index (κ2) is 10.3. The Labute approximate surface area is 202 Å². The van der Waals surface area contributed by atoms with Gasteiger partial charge >= 0.3 is 6.03 Å². The van der Waals surface area contributed by atoms with Crippen molar-refractivity contribution < 1.29 is 18.7 Å². The van der Waals surface area contributed by atoms with E-state index in [1.807, 2.05) is 19.2 Å². The Kier molecular flexibility index (Phi) is 7.41. The maximum absolute atomic E-state index is 14.1. The van der Waals surface area contributed by atoms with Gasteiger partial charge in [-0.25, -0.2) is 9.18 Å². The number of carbonyl (C=O) groups is 1. The molecule has 0 spiro atoms. The Bertz CT molecular complexity index is 1060. The summed E-state index contributed by atoms with van der Waals surface area (Å²) in [6.07, 6.45) is 5.94. The number of hydrogen-bond acceptors (Lipinski definition) is 4. The number of morpholine rings is 1.